The van der Waals surface area contributed by atoms with Gasteiger partial charge >= 0.3 is 5.97 Å². The van der Waals surface area contributed by atoms with Crippen LogP contribution < -0.4 is 16.1 Å². The summed E-state index contributed by atoms with van der Waals surface area (Å²) >= 11 is 0. The van der Waals surface area contributed by atoms with Gasteiger partial charge in [-0.3, -0.25) is 4.79 Å². The summed E-state index contributed by atoms with van der Waals surface area (Å²) in [6, 6.07) is 1.70. The molecular weight excluding hydrogens is 380 g/mol. The lowest BCUT2D eigenvalue weighted by Gasteiger charge is -2.32. The van der Waals surface area contributed by atoms with E-state index in [-0.39, 0.29) is 41.5 Å². The van der Waals surface area contributed by atoms with E-state index in [1.54, 1.807) is 15.5 Å². The van der Waals surface area contributed by atoms with Crippen molar-refractivity contribution in [3.63, 3.8) is 0 Å². The van der Waals surface area contributed by atoms with Crippen LogP contribution >= 0.6 is 0 Å². The van der Waals surface area contributed by atoms with E-state index in [2.05, 4.69) is 0 Å². The molecular formula is C21H23F2N3O3. The lowest BCUT2D eigenvalue weighted by atomic mass is 10.00. The van der Waals surface area contributed by atoms with Gasteiger partial charge in [0.2, 0.25) is 5.43 Å². The fourth-order valence-corrected chi connectivity index (χ4v) is 4.13. The number of aromatic carboxylic acids is 1. The van der Waals surface area contributed by atoms with Crippen molar-refractivity contribution < 1.29 is 18.7 Å². The maximum atomic E-state index is 15.3. The fraction of sp³-hybridized carbons (Fsp3) is 0.429. The minimum atomic E-state index is -1.32. The zero-order chi connectivity index (χ0) is 20.9. The van der Waals surface area contributed by atoms with Gasteiger partial charge in [-0.15, -0.1) is 0 Å². The molecule has 1 aliphatic carbocycles. The molecule has 1 aliphatic heterocycles. The topological polar surface area (TPSA) is 88.6 Å². The highest BCUT2D eigenvalue weighted by Crippen LogP contribution is 2.39. The average molecular weight is 403 g/mol. The van der Waals surface area contributed by atoms with Gasteiger partial charge in [0.1, 0.15) is 17.2 Å². The Balaban J connectivity index is 1.93. The molecule has 0 atom stereocenters. The van der Waals surface area contributed by atoms with Gasteiger partial charge in [0.15, 0.2) is 0 Å². The number of piperidine rings is 1. The molecule has 2 heterocycles. The van der Waals surface area contributed by atoms with Crippen LogP contribution in [0.25, 0.3) is 10.9 Å². The van der Waals surface area contributed by atoms with Crippen molar-refractivity contribution in [2.45, 2.75) is 38.6 Å². The molecule has 29 heavy (non-hydrogen) atoms. The quantitative estimate of drug-likeness (QED) is 0.818. The minimum absolute atomic E-state index is 0.0963. The number of carbonyl (C=O) groups is 1. The summed E-state index contributed by atoms with van der Waals surface area (Å²) in [4.78, 5) is 26.1. The number of nitrogens with two attached hydrogens (primary N) is 1. The summed E-state index contributed by atoms with van der Waals surface area (Å²) < 4.78 is 31.1. The molecule has 0 bridgehead atoms. The van der Waals surface area contributed by atoms with Crippen LogP contribution in [0.1, 0.15) is 47.6 Å². The number of halogens is 2. The van der Waals surface area contributed by atoms with Crippen LogP contribution in [0.4, 0.5) is 14.5 Å². The second-order valence-corrected chi connectivity index (χ2v) is 7.78. The first-order valence-electron chi connectivity index (χ1n) is 9.76. The molecule has 8 heteroatoms. The van der Waals surface area contributed by atoms with Crippen molar-refractivity contribution in [1.82, 2.24) is 4.57 Å². The Bertz CT molecular complexity index is 1100. The van der Waals surface area contributed by atoms with Gasteiger partial charge in [-0.1, -0.05) is 0 Å². The summed E-state index contributed by atoms with van der Waals surface area (Å²) in [5.41, 5.74) is 5.89. The van der Waals surface area contributed by atoms with Crippen LogP contribution in [0, 0.1) is 12.7 Å². The molecule has 2 aliphatic rings. The third kappa shape index (κ3) is 3.31. The average Bonchev–Trinajstić information content (AvgIpc) is 3.55. The standard InChI is InChI=1S/C21H23F2N3O3/c1-11-18-16(26(13-4-5-13)10-14(20(18)27)21(28)29)7-17(19(11)23)25-6-2-3-12(9-25)15(22)8-24/h7,10,13H,2-6,8-9,24H2,1H3,(H,28,29). The molecule has 0 unspecified atom stereocenters. The molecule has 1 aromatic heterocycles. The molecule has 2 fully saturated rings. The number of hydrogen-bond acceptors (Lipinski definition) is 4. The number of nitrogens with zero attached hydrogens (tertiary/aromatic N) is 2. The number of pyridine rings is 1. The summed E-state index contributed by atoms with van der Waals surface area (Å²) in [7, 11) is 0. The number of aryl methyl sites for hydroxylation is 1. The third-order valence-electron chi connectivity index (χ3n) is 5.84. The van der Waals surface area contributed by atoms with E-state index in [9.17, 15) is 19.1 Å². The third-order valence-corrected chi connectivity index (χ3v) is 5.84. The van der Waals surface area contributed by atoms with Crippen LogP contribution in [0.3, 0.4) is 0 Å². The van der Waals surface area contributed by atoms with Crippen LogP contribution in [0.5, 0.6) is 0 Å². The number of anilines is 1. The van der Waals surface area contributed by atoms with Crippen molar-refractivity contribution >= 4 is 22.6 Å². The maximum Gasteiger partial charge on any atom is 0.341 e. The zero-order valence-electron chi connectivity index (χ0n) is 16.2. The van der Waals surface area contributed by atoms with Crippen molar-refractivity contribution in [1.29, 1.82) is 0 Å². The molecule has 2 aromatic rings. The smallest absolute Gasteiger partial charge is 0.341 e. The lowest BCUT2D eigenvalue weighted by molar-refractivity contribution is 0.0695. The second-order valence-electron chi connectivity index (χ2n) is 7.78. The van der Waals surface area contributed by atoms with E-state index < -0.39 is 17.2 Å². The number of rotatable bonds is 4. The van der Waals surface area contributed by atoms with Crippen LogP contribution in [0.2, 0.25) is 0 Å². The van der Waals surface area contributed by atoms with Crippen LogP contribution in [-0.4, -0.2) is 35.3 Å². The van der Waals surface area contributed by atoms with Crippen molar-refractivity contribution in [3.05, 3.63) is 50.8 Å². The van der Waals surface area contributed by atoms with E-state index in [0.29, 0.717) is 36.2 Å². The van der Waals surface area contributed by atoms with E-state index in [1.807, 2.05) is 0 Å². The predicted octanol–water partition coefficient (Wildman–Crippen LogP) is 3.26. The van der Waals surface area contributed by atoms with Gasteiger partial charge in [-0.2, -0.15) is 0 Å². The number of carboxylic acids is 1. The summed E-state index contributed by atoms with van der Waals surface area (Å²) in [6.45, 7) is 2.12. The summed E-state index contributed by atoms with van der Waals surface area (Å²) in [5, 5.41) is 9.51. The highest BCUT2D eigenvalue weighted by Gasteiger charge is 2.30. The summed E-state index contributed by atoms with van der Waals surface area (Å²) in [5.74, 6) is -2.26. The normalized spacial score (nSPS) is 19.0. The van der Waals surface area contributed by atoms with Gasteiger partial charge in [0.25, 0.3) is 0 Å². The van der Waals surface area contributed by atoms with E-state index in [0.717, 1.165) is 12.8 Å². The molecule has 1 saturated heterocycles. The summed E-state index contributed by atoms with van der Waals surface area (Å²) in [6.07, 6.45) is 4.37. The monoisotopic (exact) mass is 403 g/mol. The van der Waals surface area contributed by atoms with Gasteiger partial charge in [-0.25, -0.2) is 13.6 Å². The Kier molecular flexibility index (Phi) is 4.90. The van der Waals surface area contributed by atoms with Gasteiger partial charge in [0.05, 0.1) is 16.6 Å². The molecule has 0 spiro atoms. The maximum absolute atomic E-state index is 15.3. The van der Waals surface area contributed by atoms with Crippen molar-refractivity contribution in [2.75, 3.05) is 24.5 Å². The number of hydrogen-bond donors (Lipinski definition) is 2. The second kappa shape index (κ2) is 7.26. The number of benzene rings is 1. The molecule has 1 saturated carbocycles. The molecule has 1 aromatic carbocycles. The van der Waals surface area contributed by atoms with E-state index >= 15 is 4.39 Å². The lowest BCUT2D eigenvalue weighted by Crippen LogP contribution is -2.33. The number of aromatic nitrogens is 1. The Hall–Kier alpha value is -2.74. The molecule has 154 valence electrons. The Morgan fingerprint density at radius 3 is 2.72 bits per heavy atom. The zero-order valence-corrected chi connectivity index (χ0v) is 16.2. The van der Waals surface area contributed by atoms with Crippen molar-refractivity contribution in [3.8, 4) is 0 Å². The largest absolute Gasteiger partial charge is 0.477 e. The number of carboxylic acid groups (broad SMARTS) is 1. The Morgan fingerprint density at radius 1 is 1.38 bits per heavy atom. The van der Waals surface area contributed by atoms with Gasteiger partial charge in [0, 0.05) is 37.4 Å². The molecule has 0 radical (unpaired) electrons. The van der Waals surface area contributed by atoms with Gasteiger partial charge < -0.3 is 20.3 Å². The highest BCUT2D eigenvalue weighted by atomic mass is 19.1. The first kappa shape index (κ1) is 19.6. The first-order chi connectivity index (χ1) is 13.8. The minimum Gasteiger partial charge on any atom is -0.477 e. The molecule has 0 amide bonds. The fourth-order valence-electron chi connectivity index (χ4n) is 4.13. The highest BCUT2D eigenvalue weighted by molar-refractivity contribution is 5.95. The van der Waals surface area contributed by atoms with Gasteiger partial charge in [-0.05, 0) is 44.2 Å². The van der Waals surface area contributed by atoms with E-state index in [1.165, 1.54) is 13.1 Å². The van der Waals surface area contributed by atoms with Crippen LogP contribution in [-0.2, 0) is 0 Å². The Labute approximate surface area is 166 Å². The SMILES string of the molecule is Cc1c(F)c(N2CCCC(=C(F)CN)C2)cc2c1c(=O)c(C(=O)O)cn2C1CC1. The van der Waals surface area contributed by atoms with Crippen LogP contribution in [0.15, 0.2) is 28.5 Å². The predicted molar refractivity (Wildman–Crippen MR) is 107 cm³/mol. The molecule has 4 rings (SSSR count). The molecule has 6 nitrogen and oxygen atoms in total. The first-order valence-corrected chi connectivity index (χ1v) is 9.76. The van der Waals surface area contributed by atoms with Crippen molar-refractivity contribution in [2.24, 2.45) is 5.73 Å². The Morgan fingerprint density at radius 2 is 2.10 bits per heavy atom. The van der Waals surface area contributed by atoms with E-state index in [4.69, 9.17) is 5.73 Å². The number of fused-ring (bicyclic) bond motifs is 1. The molecule has 3 N–H and O–H groups in total.